The predicted octanol–water partition coefficient (Wildman–Crippen LogP) is 0.499. The molecule has 0 aromatic rings. The summed E-state index contributed by atoms with van der Waals surface area (Å²) in [5.74, 6) is 1.65. The van der Waals surface area contributed by atoms with Crippen LogP contribution >= 0.6 is 0 Å². The molecule has 3 unspecified atom stereocenters. The molecule has 17 heavy (non-hydrogen) atoms. The summed E-state index contributed by atoms with van der Waals surface area (Å²) < 4.78 is 0. The fourth-order valence-electron chi connectivity index (χ4n) is 3.35. The lowest BCUT2D eigenvalue weighted by molar-refractivity contribution is -0.139. The van der Waals surface area contributed by atoms with Crippen LogP contribution in [0.5, 0.6) is 0 Å². The highest BCUT2D eigenvalue weighted by Crippen LogP contribution is 2.44. The van der Waals surface area contributed by atoms with Crippen molar-refractivity contribution in [3.63, 3.8) is 0 Å². The highest BCUT2D eigenvalue weighted by molar-refractivity contribution is 5.80. The van der Waals surface area contributed by atoms with E-state index < -0.39 is 0 Å². The first-order chi connectivity index (χ1) is 8.28. The summed E-state index contributed by atoms with van der Waals surface area (Å²) in [6.45, 7) is 2.78. The van der Waals surface area contributed by atoms with E-state index in [4.69, 9.17) is 0 Å². The monoisotopic (exact) mass is 234 g/mol. The molecule has 0 radical (unpaired) electrons. The third-order valence-electron chi connectivity index (χ3n) is 4.37. The van der Waals surface area contributed by atoms with Crippen LogP contribution in [0, 0.1) is 17.8 Å². The standard InChI is InChI=1S/C13H18N2O2/c16-9-14-3-5-15(6-4-14)13(17)12-8-10-1-2-11(12)7-10/h1-2,9-12H,3-8H2. The van der Waals surface area contributed by atoms with Gasteiger partial charge >= 0.3 is 0 Å². The first-order valence-electron chi connectivity index (χ1n) is 6.44. The summed E-state index contributed by atoms with van der Waals surface area (Å²) in [5, 5.41) is 0. The van der Waals surface area contributed by atoms with E-state index in [1.165, 1.54) is 6.42 Å². The maximum Gasteiger partial charge on any atom is 0.226 e. The van der Waals surface area contributed by atoms with E-state index in [0.29, 0.717) is 43.9 Å². The van der Waals surface area contributed by atoms with E-state index >= 15 is 0 Å². The lowest BCUT2D eigenvalue weighted by Gasteiger charge is -2.35. The van der Waals surface area contributed by atoms with Crippen molar-refractivity contribution < 1.29 is 9.59 Å². The Labute approximate surface area is 101 Å². The van der Waals surface area contributed by atoms with E-state index in [-0.39, 0.29) is 5.92 Å². The maximum atomic E-state index is 12.4. The molecule has 3 aliphatic rings. The van der Waals surface area contributed by atoms with E-state index in [9.17, 15) is 9.59 Å². The Bertz CT molecular complexity index is 358. The van der Waals surface area contributed by atoms with Crippen LogP contribution in [0.4, 0.5) is 0 Å². The summed E-state index contributed by atoms with van der Waals surface area (Å²) >= 11 is 0. The largest absolute Gasteiger partial charge is 0.342 e. The topological polar surface area (TPSA) is 40.6 Å². The van der Waals surface area contributed by atoms with Gasteiger partial charge < -0.3 is 9.80 Å². The molecule has 1 aliphatic heterocycles. The molecule has 1 saturated heterocycles. The van der Waals surface area contributed by atoms with Gasteiger partial charge in [0.1, 0.15) is 0 Å². The molecule has 0 aromatic heterocycles. The first kappa shape index (κ1) is 10.8. The second-order valence-corrected chi connectivity index (χ2v) is 5.35. The third-order valence-corrected chi connectivity index (χ3v) is 4.37. The molecule has 3 rings (SSSR count). The molecule has 1 saturated carbocycles. The van der Waals surface area contributed by atoms with Crippen LogP contribution < -0.4 is 0 Å². The number of allylic oxidation sites excluding steroid dienone is 2. The van der Waals surface area contributed by atoms with Gasteiger partial charge in [0.05, 0.1) is 0 Å². The molecule has 0 aromatic carbocycles. The van der Waals surface area contributed by atoms with E-state index in [1.54, 1.807) is 4.90 Å². The number of nitrogens with zero attached hydrogens (tertiary/aromatic N) is 2. The zero-order valence-corrected chi connectivity index (χ0v) is 9.92. The van der Waals surface area contributed by atoms with Gasteiger partial charge in [0.25, 0.3) is 0 Å². The van der Waals surface area contributed by atoms with Crippen LogP contribution in [-0.4, -0.2) is 48.3 Å². The Hall–Kier alpha value is -1.32. The molecule has 92 valence electrons. The van der Waals surface area contributed by atoms with Gasteiger partial charge in [-0.2, -0.15) is 0 Å². The zero-order chi connectivity index (χ0) is 11.8. The highest BCUT2D eigenvalue weighted by atomic mass is 16.2. The van der Waals surface area contributed by atoms with Gasteiger partial charge in [0, 0.05) is 32.1 Å². The molecule has 4 heteroatoms. The van der Waals surface area contributed by atoms with Gasteiger partial charge in [-0.05, 0) is 24.7 Å². The summed E-state index contributed by atoms with van der Waals surface area (Å²) in [7, 11) is 0. The number of hydrogen-bond acceptors (Lipinski definition) is 2. The molecule has 2 fully saturated rings. The molecule has 0 N–H and O–H groups in total. The summed E-state index contributed by atoms with van der Waals surface area (Å²) in [6, 6.07) is 0. The van der Waals surface area contributed by atoms with E-state index in [1.807, 2.05) is 4.90 Å². The average Bonchev–Trinajstić information content (AvgIpc) is 3.00. The minimum atomic E-state index is 0.216. The van der Waals surface area contributed by atoms with Gasteiger partial charge in [-0.15, -0.1) is 0 Å². The maximum absolute atomic E-state index is 12.4. The molecule has 0 spiro atoms. The van der Waals surface area contributed by atoms with Crippen LogP contribution in [0.15, 0.2) is 12.2 Å². The second-order valence-electron chi connectivity index (χ2n) is 5.35. The second kappa shape index (κ2) is 4.17. The molecule has 2 amide bonds. The molecular formula is C13H18N2O2. The lowest BCUT2D eigenvalue weighted by atomic mass is 9.92. The van der Waals surface area contributed by atoms with Crippen LogP contribution in [0.3, 0.4) is 0 Å². The van der Waals surface area contributed by atoms with Crippen molar-refractivity contribution in [3.05, 3.63) is 12.2 Å². The Morgan fingerprint density at radius 2 is 1.88 bits per heavy atom. The van der Waals surface area contributed by atoms with Crippen molar-refractivity contribution in [1.29, 1.82) is 0 Å². The Kier molecular flexibility index (Phi) is 2.65. The molecule has 2 aliphatic carbocycles. The number of piperazine rings is 1. The van der Waals surface area contributed by atoms with Gasteiger partial charge in [-0.1, -0.05) is 12.2 Å². The van der Waals surface area contributed by atoms with Gasteiger partial charge in [0.15, 0.2) is 0 Å². The predicted molar refractivity (Wildman–Crippen MR) is 63.1 cm³/mol. The minimum absolute atomic E-state index is 0.216. The van der Waals surface area contributed by atoms with Crippen molar-refractivity contribution in [2.45, 2.75) is 12.8 Å². The molecular weight excluding hydrogens is 216 g/mol. The molecule has 1 heterocycles. The number of carbonyl (C=O) groups excluding carboxylic acids is 2. The van der Waals surface area contributed by atoms with Gasteiger partial charge in [-0.25, -0.2) is 0 Å². The molecule has 2 bridgehead atoms. The number of fused-ring (bicyclic) bond motifs is 2. The fourth-order valence-corrected chi connectivity index (χ4v) is 3.35. The van der Waals surface area contributed by atoms with Crippen molar-refractivity contribution in [3.8, 4) is 0 Å². The van der Waals surface area contributed by atoms with Crippen molar-refractivity contribution >= 4 is 12.3 Å². The van der Waals surface area contributed by atoms with Gasteiger partial charge in [-0.3, -0.25) is 9.59 Å². The fraction of sp³-hybridized carbons (Fsp3) is 0.692. The SMILES string of the molecule is O=CN1CCN(C(=O)C2CC3C=CC2C3)CC1. The van der Waals surface area contributed by atoms with E-state index in [0.717, 1.165) is 12.8 Å². The minimum Gasteiger partial charge on any atom is -0.342 e. The highest BCUT2D eigenvalue weighted by Gasteiger charge is 2.41. The van der Waals surface area contributed by atoms with Gasteiger partial charge in [0.2, 0.25) is 12.3 Å². The molecule has 4 nitrogen and oxygen atoms in total. The molecule has 3 atom stereocenters. The zero-order valence-electron chi connectivity index (χ0n) is 9.92. The smallest absolute Gasteiger partial charge is 0.226 e. The van der Waals surface area contributed by atoms with Crippen molar-refractivity contribution in [2.75, 3.05) is 26.2 Å². The average molecular weight is 234 g/mol. The van der Waals surface area contributed by atoms with Crippen LogP contribution in [0.2, 0.25) is 0 Å². The number of hydrogen-bond donors (Lipinski definition) is 0. The Balaban J connectivity index is 1.60. The quantitative estimate of drug-likeness (QED) is 0.515. The Morgan fingerprint density at radius 3 is 2.41 bits per heavy atom. The van der Waals surface area contributed by atoms with Crippen molar-refractivity contribution in [2.24, 2.45) is 17.8 Å². The third kappa shape index (κ3) is 1.85. The van der Waals surface area contributed by atoms with E-state index in [2.05, 4.69) is 12.2 Å². The summed E-state index contributed by atoms with van der Waals surface area (Å²) in [4.78, 5) is 26.7. The summed E-state index contributed by atoms with van der Waals surface area (Å²) in [5.41, 5.74) is 0. The Morgan fingerprint density at radius 1 is 1.12 bits per heavy atom. The van der Waals surface area contributed by atoms with Crippen LogP contribution in [-0.2, 0) is 9.59 Å². The number of carbonyl (C=O) groups is 2. The van der Waals surface area contributed by atoms with Crippen molar-refractivity contribution in [1.82, 2.24) is 9.80 Å². The number of rotatable bonds is 2. The summed E-state index contributed by atoms with van der Waals surface area (Å²) in [6.07, 6.45) is 7.57. The normalized spacial score (nSPS) is 35.4. The van der Waals surface area contributed by atoms with Crippen LogP contribution in [0.25, 0.3) is 0 Å². The number of amides is 2. The first-order valence-corrected chi connectivity index (χ1v) is 6.44. The lowest BCUT2D eigenvalue weighted by Crippen LogP contribution is -2.50. The van der Waals surface area contributed by atoms with Crippen LogP contribution in [0.1, 0.15) is 12.8 Å².